The average Bonchev–Trinajstić information content (AvgIpc) is 2.16. The van der Waals surface area contributed by atoms with Crippen LogP contribution in [0.5, 0.6) is 0 Å². The van der Waals surface area contributed by atoms with Crippen LogP contribution in [0.2, 0.25) is 0 Å². The van der Waals surface area contributed by atoms with Crippen LogP contribution >= 0.6 is 0 Å². The predicted molar refractivity (Wildman–Crippen MR) is 56.5 cm³/mol. The lowest BCUT2D eigenvalue weighted by Crippen LogP contribution is -1.88. The molecule has 0 aliphatic carbocycles. The van der Waals surface area contributed by atoms with E-state index in [0.29, 0.717) is 5.69 Å². The van der Waals surface area contributed by atoms with Crippen LogP contribution in [0.15, 0.2) is 33.9 Å². The molecule has 0 aliphatic rings. The van der Waals surface area contributed by atoms with Crippen LogP contribution in [-0.4, -0.2) is 13.0 Å². The Morgan fingerprint density at radius 2 is 1.87 bits per heavy atom. The summed E-state index contributed by atoms with van der Waals surface area (Å²) in [5.74, 6) is 0. The smallest absolute Gasteiger partial charge is 0.267 e. The number of rotatable bonds is 4. The Morgan fingerprint density at radius 3 is 2.33 bits per heavy atom. The molecule has 0 heterocycles. The minimum atomic E-state index is -4.38. The summed E-state index contributed by atoms with van der Waals surface area (Å²) in [5.41, 5.74) is 1.55. The van der Waals surface area contributed by atoms with Gasteiger partial charge in [0.1, 0.15) is 0 Å². The lowest BCUT2D eigenvalue weighted by molar-refractivity contribution is 0.482. The van der Waals surface area contributed by atoms with Crippen LogP contribution in [0.3, 0.4) is 0 Å². The van der Waals surface area contributed by atoms with Gasteiger partial charge in [0.2, 0.25) is 0 Å². The fourth-order valence-corrected chi connectivity index (χ4v) is 1.31. The maximum atomic E-state index is 10.3. The van der Waals surface area contributed by atoms with Crippen molar-refractivity contribution in [2.45, 2.75) is 19.8 Å². The summed E-state index contributed by atoms with van der Waals surface area (Å²) in [7, 11) is -4.38. The number of hydrogen-bond acceptors (Lipinski definition) is 3. The Balaban J connectivity index is 2.77. The molecule has 1 N–H and O–H groups in total. The first-order valence-electron chi connectivity index (χ1n) is 4.50. The normalized spacial score (nSPS) is 12.1. The molecule has 1 rings (SSSR count). The van der Waals surface area contributed by atoms with Crippen molar-refractivity contribution in [3.63, 3.8) is 0 Å². The molecule has 1 aromatic carbocycles. The first-order chi connectivity index (χ1) is 7.01. The van der Waals surface area contributed by atoms with Gasteiger partial charge in [0, 0.05) is 0 Å². The van der Waals surface area contributed by atoms with E-state index in [1.54, 1.807) is 12.1 Å². The zero-order valence-electron chi connectivity index (χ0n) is 8.29. The van der Waals surface area contributed by atoms with Gasteiger partial charge in [-0.3, -0.25) is 4.55 Å². The fourth-order valence-electron chi connectivity index (χ4n) is 1.12. The highest BCUT2D eigenvalue weighted by Crippen LogP contribution is 2.14. The molecule has 0 amide bonds. The second-order valence-corrected chi connectivity index (χ2v) is 4.10. The van der Waals surface area contributed by atoms with E-state index in [1.807, 2.05) is 12.1 Å². The highest BCUT2D eigenvalue weighted by molar-refractivity contribution is 7.84. The standard InChI is InChI=1S/C9H12N2O3S/c1-2-3-8-4-6-9(7-5-8)10-11-15(12,13)14/h4-7H,2-3H2,1H3,(H,12,13,14)/b11-10+. The second-order valence-electron chi connectivity index (χ2n) is 3.05. The number of benzene rings is 1. The van der Waals surface area contributed by atoms with Crippen LogP contribution in [0.4, 0.5) is 5.69 Å². The molecule has 0 aliphatic heterocycles. The van der Waals surface area contributed by atoms with Crippen LogP contribution in [-0.2, 0) is 16.7 Å². The molecule has 0 saturated carbocycles. The minimum absolute atomic E-state index is 0.396. The number of hydrogen-bond donors (Lipinski definition) is 1. The molecule has 0 bridgehead atoms. The summed E-state index contributed by atoms with van der Waals surface area (Å²) in [5, 5.41) is 3.37. The SMILES string of the molecule is CCCc1ccc(/N=N/S(=O)(=O)O)cc1. The van der Waals surface area contributed by atoms with Crippen molar-refractivity contribution in [1.82, 2.24) is 0 Å². The molecule has 0 spiro atoms. The van der Waals surface area contributed by atoms with E-state index >= 15 is 0 Å². The molecule has 15 heavy (non-hydrogen) atoms. The van der Waals surface area contributed by atoms with Gasteiger partial charge < -0.3 is 0 Å². The van der Waals surface area contributed by atoms with Crippen LogP contribution < -0.4 is 0 Å². The van der Waals surface area contributed by atoms with E-state index in [1.165, 1.54) is 0 Å². The van der Waals surface area contributed by atoms with Gasteiger partial charge in [0.25, 0.3) is 0 Å². The summed E-state index contributed by atoms with van der Waals surface area (Å²) < 4.78 is 31.6. The monoisotopic (exact) mass is 228 g/mol. The Morgan fingerprint density at radius 1 is 1.27 bits per heavy atom. The molecule has 0 unspecified atom stereocenters. The number of aryl methyl sites for hydroxylation is 1. The molecule has 0 radical (unpaired) electrons. The van der Waals surface area contributed by atoms with Gasteiger partial charge in [-0.1, -0.05) is 25.5 Å². The maximum absolute atomic E-state index is 10.3. The maximum Gasteiger partial charge on any atom is 0.396 e. The first-order valence-corrected chi connectivity index (χ1v) is 5.90. The highest BCUT2D eigenvalue weighted by Gasteiger charge is 1.98. The lowest BCUT2D eigenvalue weighted by atomic mass is 10.1. The van der Waals surface area contributed by atoms with Crippen LogP contribution in [0, 0.1) is 0 Å². The van der Waals surface area contributed by atoms with Gasteiger partial charge in [-0.2, -0.15) is 8.42 Å². The van der Waals surface area contributed by atoms with Crippen molar-refractivity contribution in [2.75, 3.05) is 0 Å². The van der Waals surface area contributed by atoms with Gasteiger partial charge >= 0.3 is 10.3 Å². The van der Waals surface area contributed by atoms with E-state index in [9.17, 15) is 8.42 Å². The molecule has 0 fully saturated rings. The third-order valence-electron chi connectivity index (χ3n) is 1.73. The van der Waals surface area contributed by atoms with Crippen molar-refractivity contribution < 1.29 is 13.0 Å². The Kier molecular flexibility index (Phi) is 3.93. The third kappa shape index (κ3) is 4.66. The van der Waals surface area contributed by atoms with Gasteiger partial charge in [-0.25, -0.2) is 0 Å². The van der Waals surface area contributed by atoms with Gasteiger partial charge in [0.05, 0.1) is 5.69 Å². The number of nitrogens with zero attached hydrogens (tertiary/aromatic N) is 2. The molecule has 0 aromatic heterocycles. The highest BCUT2D eigenvalue weighted by atomic mass is 32.2. The van der Waals surface area contributed by atoms with E-state index < -0.39 is 10.3 Å². The van der Waals surface area contributed by atoms with Crippen molar-refractivity contribution >= 4 is 16.0 Å². The zero-order valence-corrected chi connectivity index (χ0v) is 9.11. The summed E-state index contributed by atoms with van der Waals surface area (Å²) in [4.78, 5) is 0. The molecular formula is C9H12N2O3S. The third-order valence-corrected chi connectivity index (χ3v) is 2.02. The second kappa shape index (κ2) is 4.99. The van der Waals surface area contributed by atoms with Crippen LogP contribution in [0.1, 0.15) is 18.9 Å². The molecule has 1 aromatic rings. The molecule has 5 nitrogen and oxygen atoms in total. The van der Waals surface area contributed by atoms with Crippen molar-refractivity contribution in [2.24, 2.45) is 9.63 Å². The molecule has 0 saturated heterocycles. The predicted octanol–water partition coefficient (Wildman–Crippen LogP) is 2.53. The Bertz CT molecular complexity index is 437. The first kappa shape index (κ1) is 11.8. The quantitative estimate of drug-likeness (QED) is 0.635. The van der Waals surface area contributed by atoms with E-state index in [2.05, 4.69) is 16.6 Å². The molecule has 82 valence electrons. The van der Waals surface area contributed by atoms with Gasteiger partial charge in [-0.15, -0.1) is 5.11 Å². The fraction of sp³-hybridized carbons (Fsp3) is 0.333. The summed E-state index contributed by atoms with van der Waals surface area (Å²) in [6.45, 7) is 2.08. The summed E-state index contributed by atoms with van der Waals surface area (Å²) >= 11 is 0. The average molecular weight is 228 g/mol. The molecule has 6 heteroatoms. The van der Waals surface area contributed by atoms with Gasteiger partial charge in [0.15, 0.2) is 0 Å². The van der Waals surface area contributed by atoms with Gasteiger partial charge in [-0.05, 0) is 28.6 Å². The Hall–Kier alpha value is -1.27. The van der Waals surface area contributed by atoms with Crippen molar-refractivity contribution in [3.05, 3.63) is 29.8 Å². The van der Waals surface area contributed by atoms with E-state index in [-0.39, 0.29) is 0 Å². The summed E-state index contributed by atoms with van der Waals surface area (Å²) in [6.07, 6.45) is 2.02. The molecule has 0 atom stereocenters. The van der Waals surface area contributed by atoms with Crippen molar-refractivity contribution in [1.29, 1.82) is 0 Å². The van der Waals surface area contributed by atoms with Crippen molar-refractivity contribution in [3.8, 4) is 0 Å². The largest absolute Gasteiger partial charge is 0.396 e. The minimum Gasteiger partial charge on any atom is -0.267 e. The molecular weight excluding hydrogens is 216 g/mol. The van der Waals surface area contributed by atoms with E-state index in [4.69, 9.17) is 4.55 Å². The van der Waals surface area contributed by atoms with E-state index in [0.717, 1.165) is 18.4 Å². The summed E-state index contributed by atoms with van der Waals surface area (Å²) in [6, 6.07) is 7.00. The Labute approximate surface area is 88.7 Å². The lowest BCUT2D eigenvalue weighted by Gasteiger charge is -1.97. The topological polar surface area (TPSA) is 79.1 Å². The zero-order chi connectivity index (χ0) is 11.3. The van der Waals surface area contributed by atoms with Crippen LogP contribution in [0.25, 0.3) is 0 Å².